The highest BCUT2D eigenvalue weighted by Crippen LogP contribution is 2.14. The van der Waals surface area contributed by atoms with Crippen LogP contribution in [-0.2, 0) is 15.0 Å². The molecule has 0 fully saturated rings. The first kappa shape index (κ1) is 17.3. The number of hydrogen-bond donors (Lipinski definition) is 1. The van der Waals surface area contributed by atoms with Crippen molar-refractivity contribution in [1.82, 2.24) is 8.61 Å². The van der Waals surface area contributed by atoms with Gasteiger partial charge < -0.3 is 5.11 Å². The van der Waals surface area contributed by atoms with Crippen molar-refractivity contribution in [3.8, 4) is 0 Å². The van der Waals surface area contributed by atoms with E-state index in [4.69, 9.17) is 5.11 Å². The minimum atomic E-state index is -3.70. The Kier molecular flexibility index (Phi) is 7.42. The molecule has 0 saturated heterocycles. The zero-order valence-corrected chi connectivity index (χ0v) is 12.4. The van der Waals surface area contributed by atoms with Gasteiger partial charge in [-0.2, -0.15) is 17.0 Å². The fourth-order valence-electron chi connectivity index (χ4n) is 1.77. The van der Waals surface area contributed by atoms with Crippen molar-refractivity contribution in [3.05, 3.63) is 0 Å². The second-order valence-corrected chi connectivity index (χ2v) is 6.17. The fraction of sp³-hybridized carbons (Fsp3) is 0.909. The van der Waals surface area contributed by atoms with Crippen molar-refractivity contribution in [1.29, 1.82) is 0 Å². The smallest absolute Gasteiger partial charge is 0.322 e. The molecule has 0 spiro atoms. The van der Waals surface area contributed by atoms with Crippen LogP contribution < -0.4 is 0 Å². The zero-order valence-electron chi connectivity index (χ0n) is 11.6. The molecule has 0 aromatic rings. The molecule has 0 aliphatic rings. The lowest BCUT2D eigenvalue weighted by Gasteiger charge is -2.30. The first-order valence-electron chi connectivity index (χ1n) is 6.28. The number of hydrogen-bond acceptors (Lipinski definition) is 3. The molecular weight excluding hydrogens is 256 g/mol. The lowest BCUT2D eigenvalue weighted by molar-refractivity contribution is -0.141. The highest BCUT2D eigenvalue weighted by Gasteiger charge is 2.33. The van der Waals surface area contributed by atoms with Gasteiger partial charge in [-0.25, -0.2) is 0 Å². The third-order valence-corrected chi connectivity index (χ3v) is 4.75. The Morgan fingerprint density at radius 1 is 1.17 bits per heavy atom. The van der Waals surface area contributed by atoms with Gasteiger partial charge in [0.05, 0.1) is 0 Å². The Bertz CT molecular complexity index is 350. The van der Waals surface area contributed by atoms with E-state index in [1.54, 1.807) is 6.92 Å². The van der Waals surface area contributed by atoms with E-state index in [0.717, 1.165) is 4.31 Å². The van der Waals surface area contributed by atoms with E-state index in [1.807, 2.05) is 13.8 Å². The largest absolute Gasteiger partial charge is 0.480 e. The Labute approximate surface area is 110 Å². The van der Waals surface area contributed by atoms with Gasteiger partial charge in [-0.05, 0) is 19.3 Å². The van der Waals surface area contributed by atoms with Crippen LogP contribution in [0.4, 0.5) is 0 Å². The van der Waals surface area contributed by atoms with Crippen LogP contribution in [0.3, 0.4) is 0 Å². The van der Waals surface area contributed by atoms with Crippen molar-refractivity contribution in [3.63, 3.8) is 0 Å². The molecule has 1 unspecified atom stereocenters. The molecule has 0 bridgehead atoms. The molecule has 108 valence electrons. The predicted molar refractivity (Wildman–Crippen MR) is 70.6 cm³/mol. The molecule has 0 aliphatic carbocycles. The van der Waals surface area contributed by atoms with E-state index in [1.165, 1.54) is 11.4 Å². The molecule has 0 radical (unpaired) electrons. The molecule has 0 aromatic carbocycles. The standard InChI is InChI=1S/C11H24N2O4S/c1-5-8-13(9-6-2)18(16,17)12(4)10(7-3)11(14)15/h10H,5-9H2,1-4H3,(H,14,15). The second kappa shape index (κ2) is 7.70. The van der Waals surface area contributed by atoms with E-state index < -0.39 is 22.2 Å². The summed E-state index contributed by atoms with van der Waals surface area (Å²) in [5.41, 5.74) is 0. The third-order valence-electron chi connectivity index (χ3n) is 2.75. The number of carboxylic acids is 1. The van der Waals surface area contributed by atoms with E-state index in [2.05, 4.69) is 0 Å². The molecule has 1 atom stereocenters. The maximum absolute atomic E-state index is 12.3. The molecule has 0 aliphatic heterocycles. The van der Waals surface area contributed by atoms with Crippen LogP contribution >= 0.6 is 0 Å². The summed E-state index contributed by atoms with van der Waals surface area (Å²) in [6.07, 6.45) is 1.66. The summed E-state index contributed by atoms with van der Waals surface area (Å²) in [7, 11) is -2.37. The zero-order chi connectivity index (χ0) is 14.3. The quantitative estimate of drug-likeness (QED) is 0.687. The molecule has 0 rings (SSSR count). The van der Waals surface area contributed by atoms with E-state index in [0.29, 0.717) is 25.9 Å². The number of carboxylic acid groups (broad SMARTS) is 1. The van der Waals surface area contributed by atoms with Crippen molar-refractivity contribution < 1.29 is 18.3 Å². The van der Waals surface area contributed by atoms with E-state index >= 15 is 0 Å². The lowest BCUT2D eigenvalue weighted by Crippen LogP contribution is -2.49. The van der Waals surface area contributed by atoms with Gasteiger partial charge in [0.1, 0.15) is 6.04 Å². The maximum Gasteiger partial charge on any atom is 0.322 e. The summed E-state index contributed by atoms with van der Waals surface area (Å²) in [4.78, 5) is 11.0. The minimum Gasteiger partial charge on any atom is -0.480 e. The second-order valence-electron chi connectivity index (χ2n) is 4.19. The van der Waals surface area contributed by atoms with Crippen molar-refractivity contribution >= 4 is 16.2 Å². The molecular formula is C11H24N2O4S. The van der Waals surface area contributed by atoms with Gasteiger partial charge in [0.2, 0.25) is 0 Å². The third kappa shape index (κ3) is 4.22. The van der Waals surface area contributed by atoms with E-state index in [9.17, 15) is 13.2 Å². The number of aliphatic carboxylic acids is 1. The molecule has 0 saturated carbocycles. The van der Waals surface area contributed by atoms with Gasteiger partial charge in [-0.1, -0.05) is 20.8 Å². The topological polar surface area (TPSA) is 77.9 Å². The first-order chi connectivity index (χ1) is 8.32. The van der Waals surface area contributed by atoms with Crippen molar-refractivity contribution in [2.75, 3.05) is 20.1 Å². The Morgan fingerprint density at radius 3 is 1.89 bits per heavy atom. The SMILES string of the molecule is CCCN(CCC)S(=O)(=O)N(C)C(CC)C(=O)O. The van der Waals surface area contributed by atoms with Crippen LogP contribution in [0, 0.1) is 0 Å². The average molecular weight is 280 g/mol. The van der Waals surface area contributed by atoms with Crippen LogP contribution in [0.15, 0.2) is 0 Å². The number of likely N-dealkylation sites (N-methyl/N-ethyl adjacent to an activating group) is 1. The Morgan fingerprint density at radius 2 is 1.61 bits per heavy atom. The van der Waals surface area contributed by atoms with Gasteiger partial charge in [0.15, 0.2) is 0 Å². The van der Waals surface area contributed by atoms with E-state index in [-0.39, 0.29) is 6.42 Å². The molecule has 0 aromatic heterocycles. The van der Waals surface area contributed by atoms with Gasteiger partial charge >= 0.3 is 5.97 Å². The van der Waals surface area contributed by atoms with Crippen LogP contribution in [0.2, 0.25) is 0 Å². The fourth-order valence-corrected chi connectivity index (χ4v) is 3.52. The normalized spacial score (nSPS) is 14.1. The molecule has 1 N–H and O–H groups in total. The summed E-state index contributed by atoms with van der Waals surface area (Å²) >= 11 is 0. The average Bonchev–Trinajstić information content (AvgIpc) is 2.29. The molecule has 6 nitrogen and oxygen atoms in total. The van der Waals surface area contributed by atoms with Crippen molar-refractivity contribution in [2.24, 2.45) is 0 Å². The number of rotatable bonds is 9. The summed E-state index contributed by atoms with van der Waals surface area (Å²) in [6.45, 7) is 6.28. The van der Waals surface area contributed by atoms with Gasteiger partial charge in [0, 0.05) is 20.1 Å². The van der Waals surface area contributed by atoms with Crippen LogP contribution in [0.5, 0.6) is 0 Å². The molecule has 7 heteroatoms. The van der Waals surface area contributed by atoms with Gasteiger partial charge in [0.25, 0.3) is 10.2 Å². The number of carbonyl (C=O) groups is 1. The molecule has 0 amide bonds. The Balaban J connectivity index is 5.13. The van der Waals surface area contributed by atoms with Gasteiger partial charge in [-0.3, -0.25) is 4.79 Å². The number of nitrogens with zero attached hydrogens (tertiary/aromatic N) is 2. The summed E-state index contributed by atoms with van der Waals surface area (Å²) in [6, 6.07) is -1.01. The predicted octanol–water partition coefficient (Wildman–Crippen LogP) is 1.15. The van der Waals surface area contributed by atoms with Crippen LogP contribution in [0.25, 0.3) is 0 Å². The molecule has 0 heterocycles. The maximum atomic E-state index is 12.3. The minimum absolute atomic E-state index is 0.247. The van der Waals surface area contributed by atoms with Crippen LogP contribution in [-0.4, -0.2) is 54.3 Å². The highest BCUT2D eigenvalue weighted by molar-refractivity contribution is 7.86. The molecule has 18 heavy (non-hydrogen) atoms. The summed E-state index contributed by atoms with van der Waals surface area (Å²) < 4.78 is 26.9. The summed E-state index contributed by atoms with van der Waals surface area (Å²) in [5.74, 6) is -1.11. The summed E-state index contributed by atoms with van der Waals surface area (Å²) in [5, 5.41) is 9.02. The Hall–Kier alpha value is -0.660. The monoisotopic (exact) mass is 280 g/mol. The first-order valence-corrected chi connectivity index (χ1v) is 7.68. The van der Waals surface area contributed by atoms with Crippen molar-refractivity contribution in [2.45, 2.75) is 46.1 Å². The highest BCUT2D eigenvalue weighted by atomic mass is 32.2. The van der Waals surface area contributed by atoms with Crippen LogP contribution in [0.1, 0.15) is 40.0 Å². The lowest BCUT2D eigenvalue weighted by atomic mass is 10.2. The van der Waals surface area contributed by atoms with Gasteiger partial charge in [-0.15, -0.1) is 0 Å².